The van der Waals surface area contributed by atoms with Crippen molar-refractivity contribution >= 4 is 45.5 Å². The molecule has 0 unspecified atom stereocenters. The first-order valence-corrected chi connectivity index (χ1v) is 10.1. The monoisotopic (exact) mass is 448 g/mol. The van der Waals surface area contributed by atoms with Crippen LogP contribution in [0.3, 0.4) is 0 Å². The van der Waals surface area contributed by atoms with E-state index in [1.54, 1.807) is 6.20 Å². The Balaban J connectivity index is 0.00000163. The van der Waals surface area contributed by atoms with Gasteiger partial charge in [0.2, 0.25) is 0 Å². The maximum atomic E-state index is 13.2. The van der Waals surface area contributed by atoms with Gasteiger partial charge in [-0.05, 0) is 55.6 Å². The first-order chi connectivity index (χ1) is 12.3. The van der Waals surface area contributed by atoms with E-state index in [-0.39, 0.29) is 12.3 Å². The number of carbonyl (C=O) groups is 1. The number of hydrogen-bond acceptors (Lipinski definition) is 5. The van der Waals surface area contributed by atoms with Gasteiger partial charge in [-0.2, -0.15) is 0 Å². The van der Waals surface area contributed by atoms with E-state index >= 15 is 0 Å². The number of fused-ring (bicyclic) bond motifs is 1. The van der Waals surface area contributed by atoms with E-state index in [4.69, 9.17) is 4.74 Å². The first kappa shape index (κ1) is 22.7. The van der Waals surface area contributed by atoms with Crippen LogP contribution in [0.2, 0.25) is 0 Å². The molecule has 6 nitrogen and oxygen atoms in total. The summed E-state index contributed by atoms with van der Waals surface area (Å²) in [6, 6.07) is 1.81. The number of hydrogen-bond donors (Lipinski definition) is 1. The third-order valence-electron chi connectivity index (χ3n) is 3.05. The zero-order valence-electron chi connectivity index (χ0n) is 15.8. The molecule has 0 atom stereocenters. The maximum Gasteiger partial charge on any atom is 0.407 e. The van der Waals surface area contributed by atoms with Gasteiger partial charge in [0.25, 0.3) is 0 Å². The summed E-state index contributed by atoms with van der Waals surface area (Å²) in [5.41, 5.74) is 0.651. The lowest BCUT2D eigenvalue weighted by molar-refractivity contribution is 0.0527. The molecule has 1 amide bonds. The fourth-order valence-corrected chi connectivity index (χ4v) is 2.85. The summed E-state index contributed by atoms with van der Waals surface area (Å²) in [7, 11) is 0. The fourth-order valence-electron chi connectivity index (χ4n) is 2.11. The predicted molar refractivity (Wildman–Crippen MR) is 108 cm³/mol. The molecule has 2 aromatic heterocycles. The standard InChI is InChI=1S/C15H20BrFN4O2S.C2H6/c1-15(2,3)23-14(22)18-7-5-4-6-12-20-11-8-10(16)9-19-13(11)21(12)24-17;1-2/h8-9H,4-7H2,1-3H3,(H,18,22);1-2H3. The Labute approximate surface area is 166 Å². The zero-order valence-corrected chi connectivity index (χ0v) is 18.2. The summed E-state index contributed by atoms with van der Waals surface area (Å²) in [5, 5.41) is 2.70. The van der Waals surface area contributed by atoms with Crippen LogP contribution in [0.5, 0.6) is 0 Å². The number of imidazole rings is 1. The zero-order chi connectivity index (χ0) is 19.7. The largest absolute Gasteiger partial charge is 0.444 e. The summed E-state index contributed by atoms with van der Waals surface area (Å²) in [4.78, 5) is 20.1. The molecule has 1 N–H and O–H groups in total. The second-order valence-corrected chi connectivity index (χ2v) is 7.69. The Morgan fingerprint density at radius 3 is 2.69 bits per heavy atom. The molecule has 9 heteroatoms. The number of aryl methyl sites for hydroxylation is 1. The van der Waals surface area contributed by atoms with Crippen molar-refractivity contribution in [2.75, 3.05) is 6.54 Å². The predicted octanol–water partition coefficient (Wildman–Crippen LogP) is 5.45. The van der Waals surface area contributed by atoms with Gasteiger partial charge >= 0.3 is 6.09 Å². The van der Waals surface area contributed by atoms with Crippen molar-refractivity contribution in [3.63, 3.8) is 0 Å². The second kappa shape index (κ2) is 10.7. The highest BCUT2D eigenvalue weighted by Crippen LogP contribution is 2.24. The Morgan fingerprint density at radius 1 is 1.38 bits per heavy atom. The average molecular weight is 449 g/mol. The summed E-state index contributed by atoms with van der Waals surface area (Å²) >= 11 is 3.43. The number of carbonyl (C=O) groups excluding carboxylic acids is 1. The molecule has 0 fully saturated rings. The molecule has 0 aliphatic carbocycles. The molecule has 0 saturated carbocycles. The quantitative estimate of drug-likeness (QED) is 0.594. The third kappa shape index (κ3) is 7.11. The minimum Gasteiger partial charge on any atom is -0.444 e. The minimum absolute atomic E-state index is 0.0991. The molecule has 2 aromatic rings. The van der Waals surface area contributed by atoms with Crippen LogP contribution in [0.15, 0.2) is 16.7 Å². The van der Waals surface area contributed by atoms with E-state index in [0.29, 0.717) is 30.0 Å². The Kier molecular flexibility index (Phi) is 9.35. The molecule has 0 aromatic carbocycles. The molecule has 0 aliphatic heterocycles. The molecule has 2 heterocycles. The molecule has 0 spiro atoms. The number of unbranched alkanes of at least 4 members (excludes halogenated alkanes) is 1. The number of amides is 1. The minimum atomic E-state index is -0.505. The number of ether oxygens (including phenoxy) is 1. The number of alkyl carbamates (subject to hydrolysis) is 1. The highest BCUT2D eigenvalue weighted by Gasteiger charge is 2.16. The van der Waals surface area contributed by atoms with Crippen LogP contribution in [-0.4, -0.2) is 32.2 Å². The van der Waals surface area contributed by atoms with E-state index in [0.717, 1.165) is 17.3 Å². The van der Waals surface area contributed by atoms with Gasteiger partial charge in [0, 0.05) is 23.6 Å². The Hall–Kier alpha value is -1.35. The van der Waals surface area contributed by atoms with Crippen LogP contribution < -0.4 is 5.32 Å². The van der Waals surface area contributed by atoms with Crippen LogP contribution in [0.25, 0.3) is 11.2 Å². The molecule has 0 aliphatic rings. The molecule has 26 heavy (non-hydrogen) atoms. The van der Waals surface area contributed by atoms with E-state index < -0.39 is 11.7 Å². The van der Waals surface area contributed by atoms with Gasteiger partial charge in [0.1, 0.15) is 16.9 Å². The van der Waals surface area contributed by atoms with Crippen molar-refractivity contribution in [1.29, 1.82) is 0 Å². The number of nitrogens with zero attached hydrogens (tertiary/aromatic N) is 3. The van der Waals surface area contributed by atoms with Crippen molar-refractivity contribution < 1.29 is 13.4 Å². The van der Waals surface area contributed by atoms with Gasteiger partial charge in [-0.3, -0.25) is 0 Å². The Morgan fingerprint density at radius 2 is 2.08 bits per heavy atom. The van der Waals surface area contributed by atoms with Crippen LogP contribution in [-0.2, 0) is 11.2 Å². The summed E-state index contributed by atoms with van der Waals surface area (Å²) < 4.78 is 20.6. The normalized spacial score (nSPS) is 11.0. The van der Waals surface area contributed by atoms with Crippen molar-refractivity contribution in [2.24, 2.45) is 0 Å². The van der Waals surface area contributed by atoms with Crippen molar-refractivity contribution in [3.05, 3.63) is 22.6 Å². The number of aromatic nitrogens is 3. The van der Waals surface area contributed by atoms with Gasteiger partial charge in [-0.1, -0.05) is 13.8 Å². The summed E-state index contributed by atoms with van der Waals surface area (Å²) in [5.74, 6) is 0.625. The number of nitrogens with one attached hydrogen (secondary N) is 1. The van der Waals surface area contributed by atoms with Gasteiger partial charge in [0.05, 0.1) is 0 Å². The van der Waals surface area contributed by atoms with Gasteiger partial charge in [-0.15, -0.1) is 3.89 Å². The van der Waals surface area contributed by atoms with E-state index in [9.17, 15) is 8.68 Å². The molecule has 2 rings (SSSR count). The fraction of sp³-hybridized carbons (Fsp3) is 0.588. The average Bonchev–Trinajstić information content (AvgIpc) is 2.91. The number of rotatable bonds is 6. The van der Waals surface area contributed by atoms with Gasteiger partial charge in [-0.25, -0.2) is 18.7 Å². The lowest BCUT2D eigenvalue weighted by Crippen LogP contribution is -2.33. The van der Waals surface area contributed by atoms with Crippen molar-refractivity contribution in [3.8, 4) is 0 Å². The molecule has 0 radical (unpaired) electrons. The van der Waals surface area contributed by atoms with Crippen LogP contribution >= 0.6 is 28.3 Å². The first-order valence-electron chi connectivity index (χ1n) is 8.59. The van der Waals surface area contributed by atoms with Crippen LogP contribution in [0.1, 0.15) is 53.3 Å². The summed E-state index contributed by atoms with van der Waals surface area (Å²) in [6.07, 6.45) is 3.30. The smallest absolute Gasteiger partial charge is 0.407 e. The molecular weight excluding hydrogens is 423 g/mol. The van der Waals surface area contributed by atoms with Crippen molar-refractivity contribution in [1.82, 2.24) is 19.3 Å². The van der Waals surface area contributed by atoms with E-state index in [2.05, 4.69) is 31.2 Å². The second-order valence-electron chi connectivity index (χ2n) is 6.27. The lowest BCUT2D eigenvalue weighted by atomic mass is 10.2. The maximum absolute atomic E-state index is 13.2. The Bertz CT molecular complexity index is 719. The van der Waals surface area contributed by atoms with Gasteiger partial charge in [0.15, 0.2) is 18.0 Å². The van der Waals surface area contributed by atoms with Crippen LogP contribution in [0.4, 0.5) is 8.68 Å². The molecule has 0 bridgehead atoms. The highest BCUT2D eigenvalue weighted by atomic mass is 79.9. The topological polar surface area (TPSA) is 69.0 Å². The van der Waals surface area contributed by atoms with E-state index in [1.807, 2.05) is 40.7 Å². The summed E-state index contributed by atoms with van der Waals surface area (Å²) in [6.45, 7) is 9.95. The van der Waals surface area contributed by atoms with E-state index in [1.165, 1.54) is 3.97 Å². The van der Waals surface area contributed by atoms with Crippen molar-refractivity contribution in [2.45, 2.75) is 59.5 Å². The SMILES string of the molecule is CC.CC(C)(C)OC(=O)NCCCCc1nc2cc(Br)cnc2n1SF. The highest BCUT2D eigenvalue weighted by molar-refractivity contribution is 9.10. The molecule has 146 valence electrons. The molecular formula is C17H26BrFN4O2S. The molecule has 0 saturated heterocycles. The van der Waals surface area contributed by atoms with Crippen LogP contribution in [0, 0.1) is 0 Å². The third-order valence-corrected chi connectivity index (χ3v) is 4.01. The lowest BCUT2D eigenvalue weighted by Gasteiger charge is -2.19. The number of halogens is 2. The number of pyridine rings is 1. The van der Waals surface area contributed by atoms with Gasteiger partial charge < -0.3 is 10.1 Å².